The minimum Gasteiger partial charge on any atom is -0.465 e. The maximum atomic E-state index is 15.4. The molecule has 220 valence electrons. The third kappa shape index (κ3) is 5.51. The van der Waals surface area contributed by atoms with Crippen LogP contribution in [0.3, 0.4) is 0 Å². The maximum absolute atomic E-state index is 15.4. The van der Waals surface area contributed by atoms with Crippen molar-refractivity contribution in [3.63, 3.8) is 0 Å². The van der Waals surface area contributed by atoms with Crippen molar-refractivity contribution in [2.24, 2.45) is 0 Å². The Kier molecular flexibility index (Phi) is 7.98. The van der Waals surface area contributed by atoms with Gasteiger partial charge in [-0.05, 0) is 50.7 Å². The van der Waals surface area contributed by atoms with E-state index in [1.807, 2.05) is 24.3 Å². The van der Waals surface area contributed by atoms with E-state index >= 15 is 4.39 Å². The third-order valence-corrected chi connectivity index (χ3v) is 8.84. The molecule has 42 heavy (non-hydrogen) atoms. The van der Waals surface area contributed by atoms with Gasteiger partial charge >= 0.3 is 12.1 Å². The van der Waals surface area contributed by atoms with E-state index < -0.39 is 12.1 Å². The summed E-state index contributed by atoms with van der Waals surface area (Å²) in [6.07, 6.45) is 2.73. The number of amides is 1. The van der Waals surface area contributed by atoms with Gasteiger partial charge in [0, 0.05) is 43.2 Å². The van der Waals surface area contributed by atoms with E-state index in [1.165, 1.54) is 11.0 Å². The lowest BCUT2D eigenvalue weighted by molar-refractivity contribution is 0.119. The van der Waals surface area contributed by atoms with Crippen molar-refractivity contribution in [2.45, 2.75) is 50.7 Å². The van der Waals surface area contributed by atoms with Crippen LogP contribution >= 0.6 is 0 Å². The molecular formula is C31H36FN7O3. The number of likely N-dealkylation sites (N-methyl/N-ethyl adjacent to an activating group) is 1. The molecule has 2 aromatic carbocycles. The van der Waals surface area contributed by atoms with Crippen LogP contribution in [0.15, 0.2) is 36.4 Å². The zero-order valence-electron chi connectivity index (χ0n) is 23.9. The molecule has 10 nitrogen and oxygen atoms in total. The average molecular weight is 574 g/mol. The predicted molar refractivity (Wildman–Crippen MR) is 157 cm³/mol. The highest BCUT2D eigenvalue weighted by Gasteiger charge is 2.34. The number of anilines is 2. The number of fused-ring (bicyclic) bond motifs is 2. The summed E-state index contributed by atoms with van der Waals surface area (Å²) in [5.41, 5.74) is 2.33. The summed E-state index contributed by atoms with van der Waals surface area (Å²) < 4.78 is 21.6. The first kappa shape index (κ1) is 28.0. The molecule has 2 atom stereocenters. The van der Waals surface area contributed by atoms with Crippen LogP contribution in [-0.2, 0) is 13.0 Å². The standard InChI is InChI=1S/C31H36FN7O3/c1-36-14-4-7-23(36)20-42-30-34-27-19-37(28-24-8-3-2-6-21(24)10-11-26(28)32)15-5-9-25(27)29(35-30)38-16-17-39(31(40)41)22(18-38)12-13-33/h2-3,6,8,10-11,22-23H,4-5,7,9,12,14-20H2,1H3,(H,40,41)/t22-,23-/m0/s1. The van der Waals surface area contributed by atoms with Gasteiger partial charge in [0.25, 0.3) is 0 Å². The normalized spacial score (nSPS) is 21.2. The zero-order chi connectivity index (χ0) is 29.2. The van der Waals surface area contributed by atoms with Crippen LogP contribution in [0.4, 0.5) is 20.7 Å². The van der Waals surface area contributed by atoms with Gasteiger partial charge < -0.3 is 29.4 Å². The van der Waals surface area contributed by atoms with Crippen molar-refractivity contribution in [1.29, 1.82) is 5.26 Å². The molecular weight excluding hydrogens is 537 g/mol. The van der Waals surface area contributed by atoms with Crippen LogP contribution in [0.1, 0.15) is 36.9 Å². The van der Waals surface area contributed by atoms with Crippen molar-refractivity contribution in [3.8, 4) is 12.1 Å². The second-order valence-corrected chi connectivity index (χ2v) is 11.4. The molecule has 2 fully saturated rings. The smallest absolute Gasteiger partial charge is 0.407 e. The average Bonchev–Trinajstić information content (AvgIpc) is 3.28. The van der Waals surface area contributed by atoms with E-state index in [4.69, 9.17) is 14.7 Å². The summed E-state index contributed by atoms with van der Waals surface area (Å²) in [4.78, 5) is 29.4. The van der Waals surface area contributed by atoms with Crippen LogP contribution < -0.4 is 14.5 Å². The fraction of sp³-hybridized carbons (Fsp3) is 0.484. The lowest BCUT2D eigenvalue weighted by Crippen LogP contribution is -2.55. The van der Waals surface area contributed by atoms with Crippen molar-refractivity contribution in [1.82, 2.24) is 19.8 Å². The van der Waals surface area contributed by atoms with Gasteiger partial charge in [-0.15, -0.1) is 0 Å². The number of rotatable bonds is 6. The number of nitriles is 1. The van der Waals surface area contributed by atoms with Gasteiger partial charge in [-0.3, -0.25) is 0 Å². The molecule has 3 aliphatic heterocycles. The molecule has 3 aromatic rings. The molecule has 2 saturated heterocycles. The third-order valence-electron chi connectivity index (χ3n) is 8.84. The quantitative estimate of drug-likeness (QED) is 0.462. The monoisotopic (exact) mass is 573 g/mol. The molecule has 0 unspecified atom stereocenters. The van der Waals surface area contributed by atoms with Gasteiger partial charge in [-0.1, -0.05) is 30.3 Å². The summed E-state index contributed by atoms with van der Waals surface area (Å²) in [5, 5.41) is 21.0. The number of benzene rings is 2. The highest BCUT2D eigenvalue weighted by atomic mass is 19.1. The van der Waals surface area contributed by atoms with Crippen LogP contribution in [-0.4, -0.2) is 89.4 Å². The van der Waals surface area contributed by atoms with E-state index in [-0.39, 0.29) is 30.8 Å². The van der Waals surface area contributed by atoms with E-state index in [1.54, 1.807) is 6.07 Å². The number of ether oxygens (including phenoxy) is 1. The molecule has 1 amide bonds. The molecule has 3 aliphatic rings. The number of aromatic nitrogens is 2. The van der Waals surface area contributed by atoms with Gasteiger partial charge in [-0.25, -0.2) is 9.18 Å². The fourth-order valence-electron chi connectivity index (χ4n) is 6.60. The first-order chi connectivity index (χ1) is 20.4. The van der Waals surface area contributed by atoms with Crippen LogP contribution in [0.5, 0.6) is 6.01 Å². The minimum atomic E-state index is -1.02. The van der Waals surface area contributed by atoms with E-state index in [9.17, 15) is 15.2 Å². The van der Waals surface area contributed by atoms with Crippen LogP contribution in [0, 0.1) is 17.1 Å². The number of piperazine rings is 1. The van der Waals surface area contributed by atoms with Crippen LogP contribution in [0.25, 0.3) is 10.8 Å². The Morgan fingerprint density at radius 2 is 1.95 bits per heavy atom. The Hall–Kier alpha value is -4.17. The molecule has 0 saturated carbocycles. The summed E-state index contributed by atoms with van der Waals surface area (Å²) in [7, 11) is 2.10. The number of carbonyl (C=O) groups is 1. The van der Waals surface area contributed by atoms with Crippen molar-refractivity contribution >= 4 is 28.4 Å². The number of likely N-dealkylation sites (tertiary alicyclic amines) is 1. The van der Waals surface area contributed by atoms with Gasteiger partial charge in [0.05, 0.1) is 36.5 Å². The number of halogens is 1. The van der Waals surface area contributed by atoms with Crippen molar-refractivity contribution in [2.75, 3.05) is 56.2 Å². The predicted octanol–water partition coefficient (Wildman–Crippen LogP) is 4.28. The first-order valence-electron chi connectivity index (χ1n) is 14.7. The Morgan fingerprint density at radius 1 is 1.10 bits per heavy atom. The van der Waals surface area contributed by atoms with Gasteiger partial charge in [0.15, 0.2) is 0 Å². The fourth-order valence-corrected chi connectivity index (χ4v) is 6.60. The molecule has 6 rings (SSSR count). The van der Waals surface area contributed by atoms with Crippen LogP contribution in [0.2, 0.25) is 0 Å². The van der Waals surface area contributed by atoms with Gasteiger partial charge in [0.2, 0.25) is 0 Å². The maximum Gasteiger partial charge on any atom is 0.407 e. The summed E-state index contributed by atoms with van der Waals surface area (Å²) in [6, 6.07) is 13.4. The Balaban J connectivity index is 1.37. The lowest BCUT2D eigenvalue weighted by Gasteiger charge is -2.40. The number of hydrogen-bond donors (Lipinski definition) is 1. The first-order valence-corrected chi connectivity index (χ1v) is 14.7. The SMILES string of the molecule is CN1CCC[C@H]1COc1nc2c(c(N3CCN(C(=O)O)[C@@H](CC#N)C3)n1)CCCN(c1c(F)ccc3ccccc13)C2. The van der Waals surface area contributed by atoms with E-state index in [0.29, 0.717) is 44.9 Å². The Morgan fingerprint density at radius 3 is 2.74 bits per heavy atom. The molecule has 1 N–H and O–H groups in total. The molecule has 4 heterocycles. The topological polar surface area (TPSA) is 109 Å². The molecule has 1 aromatic heterocycles. The summed E-state index contributed by atoms with van der Waals surface area (Å²) >= 11 is 0. The molecule has 11 heteroatoms. The highest BCUT2D eigenvalue weighted by Crippen LogP contribution is 2.36. The molecule has 0 bridgehead atoms. The molecule has 0 aliphatic carbocycles. The zero-order valence-corrected chi connectivity index (χ0v) is 23.9. The second kappa shape index (κ2) is 12.0. The Labute approximate surface area is 244 Å². The second-order valence-electron chi connectivity index (χ2n) is 11.4. The Bertz CT molecular complexity index is 1510. The van der Waals surface area contributed by atoms with E-state index in [0.717, 1.165) is 53.7 Å². The van der Waals surface area contributed by atoms with E-state index in [2.05, 4.69) is 27.8 Å². The van der Waals surface area contributed by atoms with Crippen molar-refractivity contribution < 1.29 is 19.0 Å². The number of hydrogen-bond acceptors (Lipinski definition) is 8. The largest absolute Gasteiger partial charge is 0.465 e. The summed E-state index contributed by atoms with van der Waals surface area (Å²) in [6.45, 7) is 3.63. The highest BCUT2D eigenvalue weighted by molar-refractivity contribution is 5.94. The van der Waals surface area contributed by atoms with Gasteiger partial charge in [-0.2, -0.15) is 15.2 Å². The minimum absolute atomic E-state index is 0.0988. The number of carboxylic acid groups (broad SMARTS) is 1. The lowest BCUT2D eigenvalue weighted by atomic mass is 10.1. The molecule has 0 spiro atoms. The molecule has 0 radical (unpaired) electrons. The van der Waals surface area contributed by atoms with Gasteiger partial charge in [0.1, 0.15) is 18.2 Å². The van der Waals surface area contributed by atoms with Crippen molar-refractivity contribution in [3.05, 3.63) is 53.5 Å². The summed E-state index contributed by atoms with van der Waals surface area (Å²) in [5.74, 6) is 0.458. The number of nitrogens with zero attached hydrogens (tertiary/aromatic N) is 7.